The molecule has 1 aliphatic heterocycles. The van der Waals surface area contributed by atoms with Gasteiger partial charge in [-0.25, -0.2) is 0 Å². The van der Waals surface area contributed by atoms with Crippen LogP contribution in [0.4, 0.5) is 0 Å². The van der Waals surface area contributed by atoms with Gasteiger partial charge >= 0.3 is 0 Å². The van der Waals surface area contributed by atoms with Crippen molar-refractivity contribution in [1.82, 2.24) is 10.6 Å². The maximum absolute atomic E-state index is 11.9. The van der Waals surface area contributed by atoms with Gasteiger partial charge in [0.15, 0.2) is 5.78 Å². The van der Waals surface area contributed by atoms with Crippen LogP contribution in [0.5, 0.6) is 0 Å². The van der Waals surface area contributed by atoms with Crippen molar-refractivity contribution in [3.05, 3.63) is 0 Å². The quantitative estimate of drug-likeness (QED) is 0.730. The van der Waals surface area contributed by atoms with Crippen LogP contribution in [0.15, 0.2) is 0 Å². The van der Waals surface area contributed by atoms with Crippen LogP contribution in [0.3, 0.4) is 0 Å². The fraction of sp³-hybridized carbons (Fsp3) is 0.818. The van der Waals surface area contributed by atoms with Crippen molar-refractivity contribution >= 4 is 33.2 Å². The molecule has 0 aliphatic carbocycles. The van der Waals surface area contributed by atoms with Crippen LogP contribution < -0.4 is 10.6 Å². The first-order valence-corrected chi connectivity index (χ1v) is 7.95. The van der Waals surface area contributed by atoms with Gasteiger partial charge in [0.2, 0.25) is 0 Å². The van der Waals surface area contributed by atoms with Crippen molar-refractivity contribution in [3.8, 4) is 0 Å². The summed E-state index contributed by atoms with van der Waals surface area (Å²) in [5.74, 6) is 0.929. The highest BCUT2D eigenvalue weighted by Crippen LogP contribution is 2.39. The molecule has 1 fully saturated rings. The van der Waals surface area contributed by atoms with Crippen LogP contribution >= 0.6 is 21.6 Å². The highest BCUT2D eigenvalue weighted by atomic mass is 33.1. The Hall–Kier alpha value is -0.0400. The normalized spacial score (nSPS) is 30.2. The standard InChI is InChI=1S/C11H20N2O2S2/c1-7(14)10-11(2,3)17-16-6-8(12-4)9(15)5-13-10/h8,10,12-13H,5-6H2,1-4H3/t8-,10?/m0/s1. The first kappa shape index (κ1) is 15.0. The smallest absolute Gasteiger partial charge is 0.164 e. The molecule has 6 heteroatoms. The lowest BCUT2D eigenvalue weighted by molar-refractivity contribution is -0.121. The predicted molar refractivity (Wildman–Crippen MR) is 74.5 cm³/mol. The van der Waals surface area contributed by atoms with Crippen molar-refractivity contribution in [2.75, 3.05) is 19.3 Å². The van der Waals surface area contributed by atoms with E-state index in [1.807, 2.05) is 13.8 Å². The Morgan fingerprint density at radius 1 is 1.53 bits per heavy atom. The van der Waals surface area contributed by atoms with Crippen molar-refractivity contribution in [2.24, 2.45) is 0 Å². The molecule has 1 rings (SSSR count). The van der Waals surface area contributed by atoms with Gasteiger partial charge in [-0.05, 0) is 27.8 Å². The number of likely N-dealkylation sites (N-methyl/N-ethyl adjacent to an activating group) is 1. The lowest BCUT2D eigenvalue weighted by Gasteiger charge is -2.31. The molecular formula is C11H20N2O2S2. The van der Waals surface area contributed by atoms with Crippen LogP contribution in [-0.4, -0.2) is 47.7 Å². The average molecular weight is 276 g/mol. The van der Waals surface area contributed by atoms with Crippen LogP contribution in [0, 0.1) is 0 Å². The van der Waals surface area contributed by atoms with Gasteiger partial charge in [-0.1, -0.05) is 21.6 Å². The third-order valence-corrected chi connectivity index (χ3v) is 6.13. The molecule has 17 heavy (non-hydrogen) atoms. The van der Waals surface area contributed by atoms with E-state index in [2.05, 4.69) is 10.6 Å². The Labute approximate surface area is 110 Å². The summed E-state index contributed by atoms with van der Waals surface area (Å²) >= 11 is 0. The third kappa shape index (κ3) is 3.98. The topological polar surface area (TPSA) is 58.2 Å². The molecule has 0 radical (unpaired) electrons. The Bertz CT molecular complexity index is 308. The van der Waals surface area contributed by atoms with E-state index in [9.17, 15) is 9.59 Å². The fourth-order valence-electron chi connectivity index (χ4n) is 1.84. The lowest BCUT2D eigenvalue weighted by atomic mass is 9.99. The lowest BCUT2D eigenvalue weighted by Crippen LogP contribution is -2.51. The summed E-state index contributed by atoms with van der Waals surface area (Å²) in [6, 6.07) is -0.416. The highest BCUT2D eigenvalue weighted by molar-refractivity contribution is 8.77. The molecular weight excluding hydrogens is 256 g/mol. The molecule has 2 atom stereocenters. The summed E-state index contributed by atoms with van der Waals surface area (Å²) in [6.45, 7) is 5.89. The summed E-state index contributed by atoms with van der Waals surface area (Å²) in [4.78, 5) is 23.5. The van der Waals surface area contributed by atoms with Crippen molar-refractivity contribution in [1.29, 1.82) is 0 Å². The SMILES string of the molecule is CN[C@H]1CSSC(C)(C)C(C(C)=O)NCC1=O. The van der Waals surface area contributed by atoms with E-state index in [1.54, 1.807) is 35.6 Å². The molecule has 1 aliphatic rings. The van der Waals surface area contributed by atoms with Crippen molar-refractivity contribution in [3.63, 3.8) is 0 Å². The van der Waals surface area contributed by atoms with Crippen molar-refractivity contribution in [2.45, 2.75) is 37.6 Å². The summed E-state index contributed by atoms with van der Waals surface area (Å²) in [7, 11) is 5.11. The van der Waals surface area contributed by atoms with Gasteiger partial charge in [-0.2, -0.15) is 0 Å². The summed E-state index contributed by atoms with van der Waals surface area (Å²) < 4.78 is -0.209. The van der Waals surface area contributed by atoms with Crippen LogP contribution in [0.1, 0.15) is 20.8 Å². The van der Waals surface area contributed by atoms with Gasteiger partial charge in [-0.3, -0.25) is 14.9 Å². The van der Waals surface area contributed by atoms with Crippen LogP contribution in [0.25, 0.3) is 0 Å². The minimum atomic E-state index is -0.278. The molecule has 1 heterocycles. The van der Waals surface area contributed by atoms with E-state index in [0.717, 1.165) is 5.75 Å². The largest absolute Gasteiger partial charge is 0.310 e. The number of nitrogens with one attached hydrogen (secondary N) is 2. The Morgan fingerprint density at radius 3 is 2.71 bits per heavy atom. The monoisotopic (exact) mass is 276 g/mol. The third-order valence-electron chi connectivity index (χ3n) is 2.83. The molecule has 0 spiro atoms. The van der Waals surface area contributed by atoms with E-state index >= 15 is 0 Å². The summed E-state index contributed by atoms with van der Waals surface area (Å²) in [5, 5.41) is 6.10. The molecule has 0 aromatic carbocycles. The minimum Gasteiger partial charge on any atom is -0.310 e. The first-order valence-electron chi connectivity index (χ1n) is 5.63. The zero-order valence-corrected chi connectivity index (χ0v) is 12.3. The number of carbonyl (C=O) groups is 2. The molecule has 0 aromatic heterocycles. The Balaban J connectivity index is 2.83. The van der Waals surface area contributed by atoms with E-state index in [-0.39, 0.29) is 34.9 Å². The van der Waals surface area contributed by atoms with E-state index < -0.39 is 0 Å². The van der Waals surface area contributed by atoms with Gasteiger partial charge in [0, 0.05) is 10.5 Å². The maximum Gasteiger partial charge on any atom is 0.164 e. The second kappa shape index (κ2) is 6.22. The number of carbonyl (C=O) groups excluding carboxylic acids is 2. The zero-order valence-electron chi connectivity index (χ0n) is 10.7. The molecule has 4 nitrogen and oxygen atoms in total. The minimum absolute atomic E-state index is 0.0822. The summed E-state index contributed by atoms with van der Waals surface area (Å²) in [6.07, 6.45) is 0. The van der Waals surface area contributed by atoms with E-state index in [1.165, 1.54) is 0 Å². The second-order valence-corrected chi connectivity index (χ2v) is 7.70. The van der Waals surface area contributed by atoms with Gasteiger partial charge in [-0.15, -0.1) is 0 Å². The highest BCUT2D eigenvalue weighted by Gasteiger charge is 2.36. The number of rotatable bonds is 2. The summed E-state index contributed by atoms with van der Waals surface area (Å²) in [5.41, 5.74) is 0. The number of hydrogen-bond acceptors (Lipinski definition) is 6. The van der Waals surface area contributed by atoms with Crippen LogP contribution in [0.2, 0.25) is 0 Å². The second-order valence-electron chi connectivity index (χ2n) is 4.70. The molecule has 98 valence electrons. The fourth-order valence-corrected chi connectivity index (χ4v) is 4.86. The molecule has 0 saturated carbocycles. The molecule has 0 aromatic rings. The molecule has 1 unspecified atom stereocenters. The van der Waals surface area contributed by atoms with Gasteiger partial charge in [0.1, 0.15) is 5.78 Å². The Morgan fingerprint density at radius 2 is 2.18 bits per heavy atom. The van der Waals surface area contributed by atoms with Gasteiger partial charge in [0.25, 0.3) is 0 Å². The molecule has 2 N–H and O–H groups in total. The Kier molecular flexibility index (Phi) is 5.50. The average Bonchev–Trinajstić information content (AvgIpc) is 2.27. The number of Topliss-reactive ketones (excluding diaryl/α,β-unsaturated/α-hetero) is 2. The molecule has 0 amide bonds. The van der Waals surface area contributed by atoms with Gasteiger partial charge < -0.3 is 5.32 Å². The molecule has 0 bridgehead atoms. The van der Waals surface area contributed by atoms with Crippen LogP contribution in [-0.2, 0) is 9.59 Å². The first-order chi connectivity index (χ1) is 7.88. The van der Waals surface area contributed by atoms with E-state index in [4.69, 9.17) is 0 Å². The van der Waals surface area contributed by atoms with E-state index in [0.29, 0.717) is 0 Å². The van der Waals surface area contributed by atoms with Crippen molar-refractivity contribution < 1.29 is 9.59 Å². The zero-order chi connectivity index (χ0) is 13.1. The number of ketones is 2. The maximum atomic E-state index is 11.9. The van der Waals surface area contributed by atoms with Gasteiger partial charge in [0.05, 0.1) is 18.6 Å². The molecule has 1 saturated heterocycles. The predicted octanol–water partition coefficient (Wildman–Crippen LogP) is 0.864. The number of hydrogen-bond donors (Lipinski definition) is 2.